The zero-order chi connectivity index (χ0) is 16.1. The van der Waals surface area contributed by atoms with Gasteiger partial charge in [-0.25, -0.2) is 13.1 Å². The largest absolute Gasteiger partial charge is 0.481 e. The van der Waals surface area contributed by atoms with E-state index in [0.717, 1.165) is 0 Å². The van der Waals surface area contributed by atoms with Gasteiger partial charge in [0.25, 0.3) is 0 Å². The van der Waals surface area contributed by atoms with Gasteiger partial charge < -0.3 is 10.4 Å². The van der Waals surface area contributed by atoms with Crippen molar-refractivity contribution in [3.8, 4) is 0 Å². The standard InChI is InChI=1S/C13H18N2O5S/c1-13(2,12(17)18)9-14-11(16)8-15-21(19,20)10-6-4-3-5-7-10/h3-7,15H,8-9H2,1-2H3,(H,14,16)(H,17,18). The van der Waals surface area contributed by atoms with Gasteiger partial charge in [0, 0.05) is 6.54 Å². The van der Waals surface area contributed by atoms with Gasteiger partial charge in [-0.2, -0.15) is 0 Å². The summed E-state index contributed by atoms with van der Waals surface area (Å²) < 4.78 is 25.9. The Bertz CT molecular complexity index is 611. The highest BCUT2D eigenvalue weighted by Gasteiger charge is 2.27. The molecule has 0 aromatic heterocycles. The molecule has 0 heterocycles. The minimum Gasteiger partial charge on any atom is -0.481 e. The zero-order valence-electron chi connectivity index (χ0n) is 11.8. The van der Waals surface area contributed by atoms with Gasteiger partial charge in [0.15, 0.2) is 0 Å². The second-order valence-electron chi connectivity index (χ2n) is 5.10. The van der Waals surface area contributed by atoms with Crippen LogP contribution in [0.2, 0.25) is 0 Å². The number of carboxylic acids is 1. The average Bonchev–Trinajstić information content (AvgIpc) is 2.44. The van der Waals surface area contributed by atoms with Crippen molar-refractivity contribution < 1.29 is 23.1 Å². The Labute approximate surface area is 123 Å². The van der Waals surface area contributed by atoms with Gasteiger partial charge in [0.1, 0.15) is 0 Å². The van der Waals surface area contributed by atoms with E-state index in [4.69, 9.17) is 5.11 Å². The summed E-state index contributed by atoms with van der Waals surface area (Å²) in [5, 5.41) is 11.3. The topological polar surface area (TPSA) is 113 Å². The van der Waals surface area contributed by atoms with E-state index < -0.39 is 33.9 Å². The number of sulfonamides is 1. The quantitative estimate of drug-likeness (QED) is 0.665. The number of hydrogen-bond donors (Lipinski definition) is 3. The third-order valence-electron chi connectivity index (χ3n) is 2.78. The van der Waals surface area contributed by atoms with E-state index in [1.54, 1.807) is 18.2 Å². The molecule has 0 saturated heterocycles. The smallest absolute Gasteiger partial charge is 0.310 e. The Morgan fingerprint density at radius 3 is 2.29 bits per heavy atom. The first-order valence-electron chi connectivity index (χ1n) is 6.20. The highest BCUT2D eigenvalue weighted by Crippen LogP contribution is 2.12. The van der Waals surface area contributed by atoms with Crippen LogP contribution in [0.4, 0.5) is 0 Å². The second kappa shape index (κ2) is 6.68. The van der Waals surface area contributed by atoms with Gasteiger partial charge in [-0.1, -0.05) is 18.2 Å². The fraction of sp³-hybridized carbons (Fsp3) is 0.385. The van der Waals surface area contributed by atoms with Crippen LogP contribution in [0.3, 0.4) is 0 Å². The SMILES string of the molecule is CC(C)(CNC(=O)CNS(=O)(=O)c1ccccc1)C(=O)O. The molecule has 0 atom stereocenters. The molecule has 21 heavy (non-hydrogen) atoms. The van der Waals surface area contributed by atoms with Crippen LogP contribution in [0.5, 0.6) is 0 Å². The molecule has 0 fully saturated rings. The molecule has 0 spiro atoms. The number of benzene rings is 1. The summed E-state index contributed by atoms with van der Waals surface area (Å²) in [5.41, 5.74) is -1.12. The molecule has 7 nitrogen and oxygen atoms in total. The van der Waals surface area contributed by atoms with Crippen molar-refractivity contribution in [2.75, 3.05) is 13.1 Å². The highest BCUT2D eigenvalue weighted by molar-refractivity contribution is 7.89. The van der Waals surface area contributed by atoms with E-state index in [1.165, 1.54) is 26.0 Å². The molecule has 0 radical (unpaired) electrons. The van der Waals surface area contributed by atoms with E-state index >= 15 is 0 Å². The lowest BCUT2D eigenvalue weighted by molar-refractivity contribution is -0.146. The van der Waals surface area contributed by atoms with Crippen LogP contribution in [-0.4, -0.2) is 38.5 Å². The summed E-state index contributed by atoms with van der Waals surface area (Å²) in [7, 11) is -3.75. The predicted octanol–water partition coefficient (Wildman–Crippen LogP) is 0.192. The molecule has 0 aliphatic rings. The predicted molar refractivity (Wildman–Crippen MR) is 76.1 cm³/mol. The maximum atomic E-state index is 11.9. The molecule has 8 heteroatoms. The molecule has 3 N–H and O–H groups in total. The van der Waals surface area contributed by atoms with Crippen LogP contribution < -0.4 is 10.0 Å². The second-order valence-corrected chi connectivity index (χ2v) is 6.87. The Morgan fingerprint density at radius 2 is 1.76 bits per heavy atom. The first-order chi connectivity index (χ1) is 9.65. The van der Waals surface area contributed by atoms with Crippen LogP contribution in [0.1, 0.15) is 13.8 Å². The average molecular weight is 314 g/mol. The minimum absolute atomic E-state index is 0.0589. The van der Waals surface area contributed by atoms with Crippen molar-refractivity contribution in [2.24, 2.45) is 5.41 Å². The van der Waals surface area contributed by atoms with Gasteiger partial charge >= 0.3 is 5.97 Å². The van der Waals surface area contributed by atoms with Crippen LogP contribution in [-0.2, 0) is 19.6 Å². The molecule has 0 bridgehead atoms. The molecule has 1 aromatic carbocycles. The fourth-order valence-corrected chi connectivity index (χ4v) is 2.30. The van der Waals surface area contributed by atoms with Crippen LogP contribution >= 0.6 is 0 Å². The zero-order valence-corrected chi connectivity index (χ0v) is 12.6. The highest BCUT2D eigenvalue weighted by atomic mass is 32.2. The molecule has 0 aliphatic heterocycles. The summed E-state index contributed by atoms with van der Waals surface area (Å²) in [4.78, 5) is 22.5. The van der Waals surface area contributed by atoms with Gasteiger partial charge in [-0.15, -0.1) is 0 Å². The number of carbonyl (C=O) groups is 2. The summed E-state index contributed by atoms with van der Waals surface area (Å²) in [5.74, 6) is -1.64. The van der Waals surface area contributed by atoms with Crippen molar-refractivity contribution in [1.82, 2.24) is 10.0 Å². The van der Waals surface area contributed by atoms with E-state index in [2.05, 4.69) is 10.0 Å². The van der Waals surface area contributed by atoms with Gasteiger partial charge in [-0.3, -0.25) is 9.59 Å². The summed E-state index contributed by atoms with van der Waals surface area (Å²) in [6.07, 6.45) is 0. The Morgan fingerprint density at radius 1 is 1.19 bits per heavy atom. The van der Waals surface area contributed by atoms with Gasteiger partial charge in [-0.05, 0) is 26.0 Å². The molecular weight excluding hydrogens is 296 g/mol. The third-order valence-corrected chi connectivity index (χ3v) is 4.20. The fourth-order valence-electron chi connectivity index (χ4n) is 1.30. The lowest BCUT2D eigenvalue weighted by atomic mass is 9.94. The molecule has 116 valence electrons. The summed E-state index contributed by atoms with van der Waals surface area (Å²) in [6.45, 7) is 2.38. The van der Waals surface area contributed by atoms with E-state index in [1.807, 2.05) is 0 Å². The number of carboxylic acid groups (broad SMARTS) is 1. The molecule has 1 amide bonds. The van der Waals surface area contributed by atoms with Crippen LogP contribution in [0.25, 0.3) is 0 Å². The van der Waals surface area contributed by atoms with Gasteiger partial charge in [0.2, 0.25) is 15.9 Å². The maximum absolute atomic E-state index is 11.9. The van der Waals surface area contributed by atoms with Gasteiger partial charge in [0.05, 0.1) is 16.9 Å². The van der Waals surface area contributed by atoms with Crippen molar-refractivity contribution >= 4 is 21.9 Å². The number of amides is 1. The molecule has 0 saturated carbocycles. The Hall–Kier alpha value is -1.93. The Kier molecular flexibility index (Phi) is 5.45. The molecule has 0 aliphatic carbocycles. The lowest BCUT2D eigenvalue weighted by Crippen LogP contribution is -2.43. The number of carbonyl (C=O) groups excluding carboxylic acids is 1. The number of hydrogen-bond acceptors (Lipinski definition) is 4. The maximum Gasteiger partial charge on any atom is 0.310 e. The van der Waals surface area contributed by atoms with E-state index in [0.29, 0.717) is 0 Å². The molecule has 0 unspecified atom stereocenters. The molecule has 1 rings (SSSR count). The van der Waals surface area contributed by atoms with Crippen molar-refractivity contribution in [2.45, 2.75) is 18.7 Å². The van der Waals surface area contributed by atoms with Crippen molar-refractivity contribution in [3.05, 3.63) is 30.3 Å². The minimum atomic E-state index is -3.75. The van der Waals surface area contributed by atoms with Crippen molar-refractivity contribution in [1.29, 1.82) is 0 Å². The Balaban J connectivity index is 2.52. The van der Waals surface area contributed by atoms with Crippen LogP contribution in [0, 0.1) is 5.41 Å². The van der Waals surface area contributed by atoms with E-state index in [9.17, 15) is 18.0 Å². The lowest BCUT2D eigenvalue weighted by Gasteiger charge is -2.19. The van der Waals surface area contributed by atoms with E-state index in [-0.39, 0.29) is 11.4 Å². The molecular formula is C13H18N2O5S. The van der Waals surface area contributed by atoms with Crippen LogP contribution in [0.15, 0.2) is 35.2 Å². The summed E-state index contributed by atoms with van der Waals surface area (Å²) >= 11 is 0. The first kappa shape index (κ1) is 17.1. The first-order valence-corrected chi connectivity index (χ1v) is 7.68. The number of aliphatic carboxylic acids is 1. The number of rotatable bonds is 7. The third kappa shape index (κ3) is 5.16. The monoisotopic (exact) mass is 314 g/mol. The number of nitrogens with one attached hydrogen (secondary N) is 2. The molecule has 1 aromatic rings. The normalized spacial score (nSPS) is 11.9. The van der Waals surface area contributed by atoms with Crippen molar-refractivity contribution in [3.63, 3.8) is 0 Å². The summed E-state index contributed by atoms with van der Waals surface area (Å²) in [6, 6.07) is 7.65.